The van der Waals surface area contributed by atoms with Crippen LogP contribution in [0.3, 0.4) is 0 Å². The molecule has 0 atom stereocenters. The second kappa shape index (κ2) is 8.86. The minimum atomic E-state index is -0.227. The highest BCUT2D eigenvalue weighted by Gasteiger charge is 2.19. The summed E-state index contributed by atoms with van der Waals surface area (Å²) >= 11 is 0. The van der Waals surface area contributed by atoms with E-state index in [-0.39, 0.29) is 11.7 Å². The molecule has 2 N–H and O–H groups in total. The first-order valence-electron chi connectivity index (χ1n) is 8.05. The normalized spacial score (nSPS) is 16.6. The molecule has 1 amide bonds. The molecule has 5 heteroatoms. The van der Waals surface area contributed by atoms with E-state index >= 15 is 0 Å². The van der Waals surface area contributed by atoms with Crippen molar-refractivity contribution < 1.29 is 9.18 Å². The maximum atomic E-state index is 12.8. The lowest BCUT2D eigenvalue weighted by atomic mass is 9.97. The van der Waals surface area contributed by atoms with Gasteiger partial charge < -0.3 is 10.6 Å². The Labute approximate surface area is 132 Å². The molecule has 1 aromatic rings. The van der Waals surface area contributed by atoms with Gasteiger partial charge in [-0.25, -0.2) is 4.39 Å². The predicted molar refractivity (Wildman–Crippen MR) is 86.2 cm³/mol. The number of piperidine rings is 1. The lowest BCUT2D eigenvalue weighted by Gasteiger charge is -2.31. The third-order valence-electron chi connectivity index (χ3n) is 4.22. The van der Waals surface area contributed by atoms with Gasteiger partial charge in [0.25, 0.3) is 0 Å². The number of amides is 1. The number of nitrogens with zero attached hydrogens (tertiary/aromatic N) is 1. The molecule has 122 valence electrons. The zero-order chi connectivity index (χ0) is 15.8. The number of carbonyl (C=O) groups is 1. The van der Waals surface area contributed by atoms with Crippen molar-refractivity contribution in [1.29, 1.82) is 0 Å². The number of hydrogen-bond donors (Lipinski definition) is 2. The van der Waals surface area contributed by atoms with Crippen LogP contribution in [0.25, 0.3) is 0 Å². The van der Waals surface area contributed by atoms with Crippen molar-refractivity contribution in [2.45, 2.75) is 19.3 Å². The molecule has 22 heavy (non-hydrogen) atoms. The fourth-order valence-corrected chi connectivity index (χ4v) is 2.89. The van der Waals surface area contributed by atoms with Crippen molar-refractivity contribution in [1.82, 2.24) is 15.5 Å². The molecule has 1 heterocycles. The summed E-state index contributed by atoms with van der Waals surface area (Å²) in [6.45, 7) is 4.14. The number of benzene rings is 1. The summed E-state index contributed by atoms with van der Waals surface area (Å²) in [4.78, 5) is 14.2. The second-order valence-electron chi connectivity index (χ2n) is 6.00. The van der Waals surface area contributed by atoms with Gasteiger partial charge in [0.05, 0.1) is 6.54 Å². The average Bonchev–Trinajstić information content (AvgIpc) is 2.51. The van der Waals surface area contributed by atoms with E-state index in [0.717, 1.165) is 50.4 Å². The molecule has 1 aromatic carbocycles. The lowest BCUT2D eigenvalue weighted by molar-refractivity contribution is -0.122. The number of nitrogens with one attached hydrogen (secondary N) is 2. The van der Waals surface area contributed by atoms with Gasteiger partial charge in [-0.05, 0) is 69.6 Å². The van der Waals surface area contributed by atoms with Crippen LogP contribution in [0.4, 0.5) is 4.39 Å². The minimum Gasteiger partial charge on any atom is -0.355 e. The Morgan fingerprint density at radius 2 is 1.95 bits per heavy atom. The first kappa shape index (κ1) is 16.9. The van der Waals surface area contributed by atoms with Crippen LogP contribution in [-0.4, -0.2) is 50.6 Å². The Hall–Kier alpha value is -1.46. The molecule has 0 unspecified atom stereocenters. The molecule has 0 radical (unpaired) electrons. The van der Waals surface area contributed by atoms with Gasteiger partial charge in [0, 0.05) is 6.54 Å². The Balaban J connectivity index is 1.61. The number of likely N-dealkylation sites (tertiary alicyclic amines) is 1. The van der Waals surface area contributed by atoms with Crippen LogP contribution in [0, 0.1) is 11.7 Å². The zero-order valence-corrected chi connectivity index (χ0v) is 13.3. The van der Waals surface area contributed by atoms with Crippen molar-refractivity contribution in [2.75, 3.05) is 39.8 Å². The topological polar surface area (TPSA) is 44.4 Å². The van der Waals surface area contributed by atoms with E-state index in [1.165, 1.54) is 12.1 Å². The van der Waals surface area contributed by atoms with Crippen LogP contribution >= 0.6 is 0 Å². The van der Waals surface area contributed by atoms with E-state index < -0.39 is 0 Å². The van der Waals surface area contributed by atoms with Crippen LogP contribution < -0.4 is 10.6 Å². The van der Waals surface area contributed by atoms with Crippen molar-refractivity contribution in [2.24, 2.45) is 5.92 Å². The smallest absolute Gasteiger partial charge is 0.234 e. The fraction of sp³-hybridized carbons (Fsp3) is 0.588. The summed E-state index contributed by atoms with van der Waals surface area (Å²) in [5.74, 6) is 0.589. The van der Waals surface area contributed by atoms with Crippen LogP contribution in [0.1, 0.15) is 18.4 Å². The average molecular weight is 307 g/mol. The van der Waals surface area contributed by atoms with Gasteiger partial charge in [-0.1, -0.05) is 12.1 Å². The second-order valence-corrected chi connectivity index (χ2v) is 6.00. The maximum absolute atomic E-state index is 12.8. The monoisotopic (exact) mass is 307 g/mol. The van der Waals surface area contributed by atoms with Crippen molar-refractivity contribution >= 4 is 5.91 Å². The molecule has 1 aliphatic heterocycles. The summed E-state index contributed by atoms with van der Waals surface area (Å²) in [6, 6.07) is 6.42. The third kappa shape index (κ3) is 5.73. The van der Waals surface area contributed by atoms with Gasteiger partial charge in [-0.2, -0.15) is 0 Å². The molecule has 1 aliphatic rings. The molecule has 2 rings (SSSR count). The van der Waals surface area contributed by atoms with Gasteiger partial charge in [0.2, 0.25) is 5.91 Å². The van der Waals surface area contributed by atoms with Crippen molar-refractivity contribution in [3.05, 3.63) is 35.6 Å². The molecule has 0 spiro atoms. The maximum Gasteiger partial charge on any atom is 0.234 e. The van der Waals surface area contributed by atoms with Gasteiger partial charge in [-0.3, -0.25) is 9.69 Å². The number of hydrogen-bond acceptors (Lipinski definition) is 3. The zero-order valence-electron chi connectivity index (χ0n) is 13.3. The Kier molecular flexibility index (Phi) is 6.80. The molecule has 1 fully saturated rings. The molecule has 0 aliphatic carbocycles. The van der Waals surface area contributed by atoms with Crippen molar-refractivity contribution in [3.8, 4) is 0 Å². The summed E-state index contributed by atoms with van der Waals surface area (Å²) in [6.07, 6.45) is 3.05. The molecular formula is C17H26FN3O. The van der Waals surface area contributed by atoms with E-state index in [2.05, 4.69) is 15.5 Å². The molecule has 4 nitrogen and oxygen atoms in total. The van der Waals surface area contributed by atoms with E-state index in [1.807, 2.05) is 7.05 Å². The van der Waals surface area contributed by atoms with Gasteiger partial charge >= 0.3 is 0 Å². The third-order valence-corrected chi connectivity index (χ3v) is 4.22. The van der Waals surface area contributed by atoms with Crippen LogP contribution in [0.5, 0.6) is 0 Å². The molecular weight excluding hydrogens is 281 g/mol. The van der Waals surface area contributed by atoms with Gasteiger partial charge in [-0.15, -0.1) is 0 Å². The minimum absolute atomic E-state index is 0.0779. The first-order valence-corrected chi connectivity index (χ1v) is 8.05. The summed E-state index contributed by atoms with van der Waals surface area (Å²) < 4.78 is 12.8. The molecule has 0 aromatic heterocycles. The molecule has 1 saturated heterocycles. The van der Waals surface area contributed by atoms with Gasteiger partial charge in [0.1, 0.15) is 5.82 Å². The van der Waals surface area contributed by atoms with Crippen molar-refractivity contribution in [3.63, 3.8) is 0 Å². The number of halogens is 1. The lowest BCUT2D eigenvalue weighted by Crippen LogP contribution is -2.43. The fourth-order valence-electron chi connectivity index (χ4n) is 2.89. The van der Waals surface area contributed by atoms with E-state index in [0.29, 0.717) is 13.1 Å². The molecule has 0 bridgehead atoms. The SMILES string of the molecule is CNCC1CCN(CC(=O)NCCc2ccc(F)cc2)CC1. The number of carbonyl (C=O) groups excluding carboxylic acids is 1. The Morgan fingerprint density at radius 3 is 2.59 bits per heavy atom. The molecule has 0 saturated carbocycles. The Bertz CT molecular complexity index is 455. The highest BCUT2D eigenvalue weighted by atomic mass is 19.1. The predicted octanol–water partition coefficient (Wildman–Crippen LogP) is 1.42. The van der Waals surface area contributed by atoms with Gasteiger partial charge in [0.15, 0.2) is 0 Å². The van der Waals surface area contributed by atoms with E-state index in [4.69, 9.17) is 0 Å². The summed E-state index contributed by atoms with van der Waals surface area (Å²) in [7, 11) is 1.99. The van der Waals surface area contributed by atoms with Crippen LogP contribution in [-0.2, 0) is 11.2 Å². The van der Waals surface area contributed by atoms with E-state index in [1.54, 1.807) is 12.1 Å². The highest BCUT2D eigenvalue weighted by Crippen LogP contribution is 2.15. The first-order chi connectivity index (χ1) is 10.7. The quantitative estimate of drug-likeness (QED) is 0.801. The Morgan fingerprint density at radius 1 is 1.27 bits per heavy atom. The highest BCUT2D eigenvalue weighted by molar-refractivity contribution is 5.78. The largest absolute Gasteiger partial charge is 0.355 e. The van der Waals surface area contributed by atoms with E-state index in [9.17, 15) is 9.18 Å². The summed E-state index contributed by atoms with van der Waals surface area (Å²) in [5, 5.41) is 6.16. The van der Waals surface area contributed by atoms with Crippen LogP contribution in [0.15, 0.2) is 24.3 Å². The van der Waals surface area contributed by atoms with Crippen LogP contribution in [0.2, 0.25) is 0 Å². The number of rotatable bonds is 7. The summed E-state index contributed by atoms with van der Waals surface area (Å²) in [5.41, 5.74) is 1.04. The standard InChI is InChI=1S/C17H26FN3O/c1-19-12-15-7-10-21(11-8-15)13-17(22)20-9-6-14-2-4-16(18)5-3-14/h2-5,15,19H,6-13H2,1H3,(H,20,22).